The molecule has 27 heavy (non-hydrogen) atoms. The molecule has 1 aliphatic heterocycles. The summed E-state index contributed by atoms with van der Waals surface area (Å²) in [4.78, 5) is 31.3. The molecule has 2 aromatic rings. The third kappa shape index (κ3) is 4.75. The summed E-state index contributed by atoms with van der Waals surface area (Å²) in [6.45, 7) is 7.71. The quantitative estimate of drug-likeness (QED) is 0.853. The van der Waals surface area contributed by atoms with Gasteiger partial charge in [-0.2, -0.15) is 0 Å². The average molecular weight is 386 g/mol. The number of thiazole rings is 1. The van der Waals surface area contributed by atoms with Crippen LogP contribution in [-0.2, 0) is 11.3 Å². The van der Waals surface area contributed by atoms with E-state index >= 15 is 0 Å². The first-order chi connectivity index (χ1) is 13.0. The molecule has 1 fully saturated rings. The van der Waals surface area contributed by atoms with Crippen molar-refractivity contribution in [3.63, 3.8) is 0 Å². The molecule has 1 N–H and O–H groups in total. The highest BCUT2D eigenvalue weighted by atomic mass is 32.1. The number of likely N-dealkylation sites (tertiary alicyclic amines) is 1. The number of carbonyl (C=O) groups is 2. The molecular formula is C21H27N3O2S. The van der Waals surface area contributed by atoms with Crippen molar-refractivity contribution < 1.29 is 9.59 Å². The predicted molar refractivity (Wildman–Crippen MR) is 108 cm³/mol. The third-order valence-corrected chi connectivity index (χ3v) is 6.03. The van der Waals surface area contributed by atoms with Gasteiger partial charge in [0.2, 0.25) is 5.91 Å². The van der Waals surface area contributed by atoms with Gasteiger partial charge in [-0.15, -0.1) is 11.3 Å². The summed E-state index contributed by atoms with van der Waals surface area (Å²) < 4.78 is 0. The molecule has 1 atom stereocenters. The van der Waals surface area contributed by atoms with Crippen LogP contribution >= 0.6 is 11.3 Å². The van der Waals surface area contributed by atoms with Crippen LogP contribution in [0.3, 0.4) is 0 Å². The van der Waals surface area contributed by atoms with E-state index in [0.29, 0.717) is 13.1 Å². The van der Waals surface area contributed by atoms with Crippen molar-refractivity contribution in [1.82, 2.24) is 15.2 Å². The Labute approximate surface area is 164 Å². The maximum absolute atomic E-state index is 12.9. The third-order valence-electron chi connectivity index (χ3n) is 4.97. The number of aryl methyl sites for hydroxylation is 1. The van der Waals surface area contributed by atoms with Gasteiger partial charge in [0, 0.05) is 35.9 Å². The lowest BCUT2D eigenvalue weighted by Crippen LogP contribution is -2.39. The molecule has 0 radical (unpaired) electrons. The van der Waals surface area contributed by atoms with Crippen LogP contribution < -0.4 is 5.32 Å². The van der Waals surface area contributed by atoms with Crippen molar-refractivity contribution in [1.29, 1.82) is 0 Å². The van der Waals surface area contributed by atoms with Crippen LogP contribution in [0.25, 0.3) is 0 Å². The SMILES string of the molecule is Cc1ccccc1C(=O)N1CCC[C@H](c2nc(CNC(=O)C(C)C)cs2)C1. The largest absolute Gasteiger partial charge is 0.350 e. The fourth-order valence-electron chi connectivity index (χ4n) is 3.32. The number of carbonyl (C=O) groups excluding carboxylic acids is 2. The minimum atomic E-state index is -0.0255. The summed E-state index contributed by atoms with van der Waals surface area (Å²) in [5.74, 6) is 0.393. The van der Waals surface area contributed by atoms with E-state index in [4.69, 9.17) is 4.98 Å². The lowest BCUT2D eigenvalue weighted by atomic mass is 9.97. The number of piperidine rings is 1. The van der Waals surface area contributed by atoms with Gasteiger partial charge in [-0.1, -0.05) is 32.0 Å². The van der Waals surface area contributed by atoms with Crippen molar-refractivity contribution in [2.75, 3.05) is 13.1 Å². The second-order valence-electron chi connectivity index (χ2n) is 7.45. The fourth-order valence-corrected chi connectivity index (χ4v) is 4.27. The lowest BCUT2D eigenvalue weighted by Gasteiger charge is -2.32. The van der Waals surface area contributed by atoms with Crippen molar-refractivity contribution in [2.24, 2.45) is 5.92 Å². The molecule has 0 spiro atoms. The molecule has 1 aromatic heterocycles. The molecule has 1 aromatic carbocycles. The van der Waals surface area contributed by atoms with Gasteiger partial charge in [0.25, 0.3) is 5.91 Å². The van der Waals surface area contributed by atoms with Crippen molar-refractivity contribution >= 4 is 23.2 Å². The Balaban J connectivity index is 1.64. The zero-order valence-corrected chi connectivity index (χ0v) is 17.0. The molecular weight excluding hydrogens is 358 g/mol. The van der Waals surface area contributed by atoms with Crippen LogP contribution in [0.15, 0.2) is 29.6 Å². The number of hydrogen-bond acceptors (Lipinski definition) is 4. The number of aromatic nitrogens is 1. The molecule has 0 bridgehead atoms. The molecule has 0 unspecified atom stereocenters. The Morgan fingerprint density at radius 3 is 2.85 bits per heavy atom. The summed E-state index contributed by atoms with van der Waals surface area (Å²) >= 11 is 1.63. The van der Waals surface area contributed by atoms with Crippen LogP contribution in [0.4, 0.5) is 0 Å². The molecule has 2 heterocycles. The highest BCUT2D eigenvalue weighted by Crippen LogP contribution is 2.30. The number of nitrogens with one attached hydrogen (secondary N) is 1. The summed E-state index contributed by atoms with van der Waals surface area (Å²) in [5, 5.41) is 5.98. The van der Waals surface area contributed by atoms with Gasteiger partial charge in [0.05, 0.1) is 17.2 Å². The Bertz CT molecular complexity index is 815. The molecule has 5 nitrogen and oxygen atoms in total. The molecule has 0 saturated carbocycles. The standard InChI is InChI=1S/C21H27N3O2S/c1-14(2)19(25)22-11-17-13-27-20(23-17)16-8-6-10-24(12-16)21(26)18-9-5-4-7-15(18)3/h4-5,7,9,13-14,16H,6,8,10-12H2,1-3H3,(H,22,25)/t16-/m0/s1. The Morgan fingerprint density at radius 2 is 2.11 bits per heavy atom. The van der Waals surface area contributed by atoms with Gasteiger partial charge in [-0.3, -0.25) is 9.59 Å². The van der Waals surface area contributed by atoms with E-state index in [0.717, 1.165) is 41.2 Å². The van der Waals surface area contributed by atoms with Gasteiger partial charge in [-0.05, 0) is 31.4 Å². The van der Waals surface area contributed by atoms with E-state index < -0.39 is 0 Å². The maximum Gasteiger partial charge on any atom is 0.254 e. The first-order valence-corrected chi connectivity index (χ1v) is 10.4. The number of amides is 2. The van der Waals surface area contributed by atoms with Crippen molar-refractivity contribution in [3.05, 3.63) is 51.5 Å². The Morgan fingerprint density at radius 1 is 1.33 bits per heavy atom. The first-order valence-electron chi connectivity index (χ1n) is 9.52. The van der Waals surface area contributed by atoms with Gasteiger partial charge in [-0.25, -0.2) is 4.98 Å². The molecule has 144 valence electrons. The minimum absolute atomic E-state index is 0.0255. The van der Waals surface area contributed by atoms with E-state index in [1.165, 1.54) is 0 Å². The first kappa shape index (κ1) is 19.5. The highest BCUT2D eigenvalue weighted by molar-refractivity contribution is 7.09. The summed E-state index contributed by atoms with van der Waals surface area (Å²) in [6, 6.07) is 7.76. The predicted octanol–water partition coefficient (Wildman–Crippen LogP) is 3.74. The highest BCUT2D eigenvalue weighted by Gasteiger charge is 2.27. The number of nitrogens with zero attached hydrogens (tertiary/aromatic N) is 2. The molecule has 6 heteroatoms. The van der Waals surface area contributed by atoms with E-state index in [9.17, 15) is 9.59 Å². The molecule has 1 saturated heterocycles. The summed E-state index contributed by atoms with van der Waals surface area (Å²) in [6.07, 6.45) is 2.03. The van der Waals surface area contributed by atoms with Crippen LogP contribution in [0, 0.1) is 12.8 Å². The van der Waals surface area contributed by atoms with E-state index in [1.807, 2.05) is 55.3 Å². The van der Waals surface area contributed by atoms with Gasteiger partial charge in [0.15, 0.2) is 0 Å². The van der Waals surface area contributed by atoms with Gasteiger partial charge >= 0.3 is 0 Å². The zero-order chi connectivity index (χ0) is 19.4. The molecule has 2 amide bonds. The average Bonchev–Trinajstić information content (AvgIpc) is 3.15. The fraction of sp³-hybridized carbons (Fsp3) is 0.476. The monoisotopic (exact) mass is 385 g/mol. The number of hydrogen-bond donors (Lipinski definition) is 1. The molecule has 3 rings (SSSR count). The minimum Gasteiger partial charge on any atom is -0.350 e. The van der Waals surface area contributed by atoms with Crippen LogP contribution in [0.5, 0.6) is 0 Å². The lowest BCUT2D eigenvalue weighted by molar-refractivity contribution is -0.124. The summed E-state index contributed by atoms with van der Waals surface area (Å²) in [5.41, 5.74) is 2.70. The van der Waals surface area contributed by atoms with Crippen molar-refractivity contribution in [3.8, 4) is 0 Å². The van der Waals surface area contributed by atoms with Crippen LogP contribution in [0.2, 0.25) is 0 Å². The van der Waals surface area contributed by atoms with E-state index in [2.05, 4.69) is 5.32 Å². The smallest absolute Gasteiger partial charge is 0.254 e. The van der Waals surface area contributed by atoms with Crippen LogP contribution in [0.1, 0.15) is 59.2 Å². The number of benzene rings is 1. The molecule has 0 aliphatic carbocycles. The van der Waals surface area contributed by atoms with Crippen LogP contribution in [-0.4, -0.2) is 34.8 Å². The van der Waals surface area contributed by atoms with E-state index in [1.54, 1.807) is 11.3 Å². The second kappa shape index (κ2) is 8.65. The summed E-state index contributed by atoms with van der Waals surface area (Å²) in [7, 11) is 0. The maximum atomic E-state index is 12.9. The normalized spacial score (nSPS) is 17.2. The Kier molecular flexibility index (Phi) is 6.26. The van der Waals surface area contributed by atoms with Gasteiger partial charge < -0.3 is 10.2 Å². The molecule has 1 aliphatic rings. The van der Waals surface area contributed by atoms with E-state index in [-0.39, 0.29) is 23.7 Å². The topological polar surface area (TPSA) is 62.3 Å². The Hall–Kier alpha value is -2.21. The van der Waals surface area contributed by atoms with Crippen molar-refractivity contribution in [2.45, 2.75) is 46.1 Å². The van der Waals surface area contributed by atoms with Gasteiger partial charge in [0.1, 0.15) is 0 Å². The number of rotatable bonds is 5. The zero-order valence-electron chi connectivity index (χ0n) is 16.2. The second-order valence-corrected chi connectivity index (χ2v) is 8.34.